The number of hydrogen-bond acceptors (Lipinski definition) is 2. The molecule has 0 saturated heterocycles. The second kappa shape index (κ2) is 4.40. The van der Waals surface area contributed by atoms with Crippen LogP contribution >= 0.6 is 0 Å². The number of hydrogen-bond donors (Lipinski definition) is 1. The Morgan fingerprint density at radius 3 is 2.46 bits per heavy atom. The SMILES string of the molecule is NC(=O)C(CC=O)c1ccccc1. The van der Waals surface area contributed by atoms with Crippen LogP contribution in [0.4, 0.5) is 0 Å². The fourth-order valence-electron chi connectivity index (χ4n) is 1.20. The molecule has 0 radical (unpaired) electrons. The van der Waals surface area contributed by atoms with E-state index in [0.717, 1.165) is 5.56 Å². The van der Waals surface area contributed by atoms with E-state index in [1.807, 2.05) is 18.2 Å². The topological polar surface area (TPSA) is 60.2 Å². The molecule has 1 aromatic carbocycles. The van der Waals surface area contributed by atoms with Gasteiger partial charge in [0, 0.05) is 6.42 Å². The molecular weight excluding hydrogens is 166 g/mol. The summed E-state index contributed by atoms with van der Waals surface area (Å²) in [5, 5.41) is 0. The predicted octanol–water partition coefficient (Wildman–Crippen LogP) is 0.844. The summed E-state index contributed by atoms with van der Waals surface area (Å²) in [6, 6.07) is 9.06. The zero-order chi connectivity index (χ0) is 9.68. The third-order valence-electron chi connectivity index (χ3n) is 1.88. The molecule has 1 aromatic rings. The lowest BCUT2D eigenvalue weighted by atomic mass is 9.96. The number of benzene rings is 1. The largest absolute Gasteiger partial charge is 0.369 e. The average Bonchev–Trinajstić information content (AvgIpc) is 2.15. The minimum Gasteiger partial charge on any atom is -0.369 e. The number of carbonyl (C=O) groups excluding carboxylic acids is 2. The standard InChI is InChI=1S/C10H11NO2/c11-10(13)9(6-7-12)8-4-2-1-3-5-8/h1-5,7,9H,6H2,(H2,11,13). The Labute approximate surface area is 76.6 Å². The van der Waals surface area contributed by atoms with Gasteiger partial charge in [-0.3, -0.25) is 4.79 Å². The highest BCUT2D eigenvalue weighted by Gasteiger charge is 2.16. The zero-order valence-corrected chi connectivity index (χ0v) is 7.14. The minimum atomic E-state index is -0.487. The number of rotatable bonds is 4. The van der Waals surface area contributed by atoms with Crippen LogP contribution in [0.2, 0.25) is 0 Å². The summed E-state index contributed by atoms with van der Waals surface area (Å²) < 4.78 is 0. The van der Waals surface area contributed by atoms with E-state index in [0.29, 0.717) is 6.29 Å². The second-order valence-corrected chi connectivity index (χ2v) is 2.77. The van der Waals surface area contributed by atoms with E-state index in [4.69, 9.17) is 5.73 Å². The van der Waals surface area contributed by atoms with E-state index in [9.17, 15) is 9.59 Å². The van der Waals surface area contributed by atoms with Gasteiger partial charge in [-0.25, -0.2) is 0 Å². The van der Waals surface area contributed by atoms with Crippen molar-refractivity contribution in [2.75, 3.05) is 0 Å². The first-order chi connectivity index (χ1) is 6.25. The monoisotopic (exact) mass is 177 g/mol. The van der Waals surface area contributed by atoms with Crippen molar-refractivity contribution in [3.05, 3.63) is 35.9 Å². The van der Waals surface area contributed by atoms with Crippen molar-refractivity contribution in [1.82, 2.24) is 0 Å². The molecule has 3 nitrogen and oxygen atoms in total. The van der Waals surface area contributed by atoms with Crippen molar-refractivity contribution in [3.63, 3.8) is 0 Å². The molecule has 0 aliphatic rings. The molecule has 1 rings (SSSR count). The molecule has 0 spiro atoms. The Hall–Kier alpha value is -1.64. The quantitative estimate of drug-likeness (QED) is 0.693. The summed E-state index contributed by atoms with van der Waals surface area (Å²) in [6.45, 7) is 0. The van der Waals surface area contributed by atoms with Crippen molar-refractivity contribution in [2.24, 2.45) is 5.73 Å². The first kappa shape index (κ1) is 9.45. The number of nitrogens with two attached hydrogens (primary N) is 1. The van der Waals surface area contributed by atoms with Gasteiger partial charge in [0.1, 0.15) is 6.29 Å². The third kappa shape index (κ3) is 2.40. The van der Waals surface area contributed by atoms with Crippen LogP contribution in [0.3, 0.4) is 0 Å². The molecule has 0 aliphatic heterocycles. The molecule has 3 heteroatoms. The molecule has 0 heterocycles. The third-order valence-corrected chi connectivity index (χ3v) is 1.88. The molecule has 2 N–H and O–H groups in total. The average molecular weight is 177 g/mol. The highest BCUT2D eigenvalue weighted by atomic mass is 16.1. The van der Waals surface area contributed by atoms with E-state index in [2.05, 4.69) is 0 Å². The van der Waals surface area contributed by atoms with Gasteiger partial charge in [-0.1, -0.05) is 30.3 Å². The van der Waals surface area contributed by atoms with E-state index in [1.54, 1.807) is 12.1 Å². The maximum atomic E-state index is 11.0. The fourth-order valence-corrected chi connectivity index (χ4v) is 1.20. The van der Waals surface area contributed by atoms with Gasteiger partial charge in [-0.05, 0) is 5.56 Å². The Morgan fingerprint density at radius 1 is 1.38 bits per heavy atom. The van der Waals surface area contributed by atoms with Gasteiger partial charge in [0.2, 0.25) is 5.91 Å². The molecule has 0 bridgehead atoms. The molecule has 13 heavy (non-hydrogen) atoms. The number of carbonyl (C=O) groups is 2. The lowest BCUT2D eigenvalue weighted by molar-refractivity contribution is -0.121. The Balaban J connectivity index is 2.88. The lowest BCUT2D eigenvalue weighted by Crippen LogP contribution is -2.21. The molecule has 0 aliphatic carbocycles. The van der Waals surface area contributed by atoms with Crippen LogP contribution in [0.5, 0.6) is 0 Å². The molecule has 0 saturated carbocycles. The van der Waals surface area contributed by atoms with Crippen LogP contribution in [0, 0.1) is 0 Å². The second-order valence-electron chi connectivity index (χ2n) is 2.77. The number of amides is 1. The summed E-state index contributed by atoms with van der Waals surface area (Å²) in [6.07, 6.45) is 0.863. The summed E-state index contributed by atoms with van der Waals surface area (Å²) in [4.78, 5) is 21.2. The van der Waals surface area contributed by atoms with Crippen LogP contribution in [-0.2, 0) is 9.59 Å². The van der Waals surface area contributed by atoms with Gasteiger partial charge in [-0.2, -0.15) is 0 Å². The maximum Gasteiger partial charge on any atom is 0.225 e. The minimum absolute atomic E-state index is 0.152. The lowest BCUT2D eigenvalue weighted by Gasteiger charge is -2.09. The van der Waals surface area contributed by atoms with Gasteiger partial charge in [0.05, 0.1) is 5.92 Å². The molecule has 1 atom stereocenters. The normalized spacial score (nSPS) is 12.0. The van der Waals surface area contributed by atoms with Gasteiger partial charge >= 0.3 is 0 Å². The maximum absolute atomic E-state index is 11.0. The van der Waals surface area contributed by atoms with Crippen LogP contribution in [0.1, 0.15) is 17.9 Å². The van der Waals surface area contributed by atoms with Crippen LogP contribution in [0.15, 0.2) is 30.3 Å². The van der Waals surface area contributed by atoms with E-state index < -0.39 is 11.8 Å². The number of primary amides is 1. The molecule has 68 valence electrons. The molecule has 1 unspecified atom stereocenters. The first-order valence-electron chi connectivity index (χ1n) is 4.03. The number of aldehydes is 1. The molecule has 0 aromatic heterocycles. The molecule has 1 amide bonds. The highest BCUT2D eigenvalue weighted by Crippen LogP contribution is 2.17. The predicted molar refractivity (Wildman–Crippen MR) is 49.1 cm³/mol. The van der Waals surface area contributed by atoms with Crippen molar-refractivity contribution >= 4 is 12.2 Å². The summed E-state index contributed by atoms with van der Waals surface area (Å²) in [5.41, 5.74) is 5.95. The Morgan fingerprint density at radius 2 is 2.00 bits per heavy atom. The van der Waals surface area contributed by atoms with Gasteiger partial charge in [0.25, 0.3) is 0 Å². The van der Waals surface area contributed by atoms with Crippen LogP contribution in [-0.4, -0.2) is 12.2 Å². The van der Waals surface area contributed by atoms with Crippen molar-refractivity contribution in [3.8, 4) is 0 Å². The van der Waals surface area contributed by atoms with Crippen molar-refractivity contribution in [1.29, 1.82) is 0 Å². The summed E-state index contributed by atoms with van der Waals surface area (Å²) >= 11 is 0. The molecule has 0 fully saturated rings. The first-order valence-corrected chi connectivity index (χ1v) is 4.03. The van der Waals surface area contributed by atoms with E-state index >= 15 is 0 Å². The summed E-state index contributed by atoms with van der Waals surface area (Å²) in [5.74, 6) is -0.947. The van der Waals surface area contributed by atoms with Gasteiger partial charge in [0.15, 0.2) is 0 Å². The van der Waals surface area contributed by atoms with Crippen molar-refractivity contribution < 1.29 is 9.59 Å². The Bertz CT molecular complexity index is 295. The highest BCUT2D eigenvalue weighted by molar-refractivity contribution is 5.84. The van der Waals surface area contributed by atoms with E-state index in [-0.39, 0.29) is 6.42 Å². The smallest absolute Gasteiger partial charge is 0.225 e. The summed E-state index contributed by atoms with van der Waals surface area (Å²) in [7, 11) is 0. The van der Waals surface area contributed by atoms with Gasteiger partial charge < -0.3 is 10.5 Å². The van der Waals surface area contributed by atoms with Crippen LogP contribution in [0.25, 0.3) is 0 Å². The fraction of sp³-hybridized carbons (Fsp3) is 0.200. The van der Waals surface area contributed by atoms with Crippen molar-refractivity contribution in [2.45, 2.75) is 12.3 Å². The Kier molecular flexibility index (Phi) is 3.20. The van der Waals surface area contributed by atoms with E-state index in [1.165, 1.54) is 0 Å². The zero-order valence-electron chi connectivity index (χ0n) is 7.14. The molecular formula is C10H11NO2. The van der Waals surface area contributed by atoms with Crippen LogP contribution < -0.4 is 5.73 Å². The van der Waals surface area contributed by atoms with Gasteiger partial charge in [-0.15, -0.1) is 0 Å².